The predicted octanol–water partition coefficient (Wildman–Crippen LogP) is 4.05. The predicted molar refractivity (Wildman–Crippen MR) is 112 cm³/mol. The monoisotopic (exact) mass is 498 g/mol. The molecule has 0 unspecified atom stereocenters. The van der Waals surface area contributed by atoms with E-state index in [9.17, 15) is 9.59 Å². The van der Waals surface area contributed by atoms with E-state index in [1.165, 1.54) is 14.2 Å². The number of carbonyl (C=O) groups is 2. The highest BCUT2D eigenvalue weighted by Crippen LogP contribution is 2.38. The molecule has 1 aliphatic rings. The van der Waals surface area contributed by atoms with E-state index in [2.05, 4.69) is 27.9 Å². The molecule has 0 atom stereocenters. The third kappa shape index (κ3) is 3.61. The maximum absolute atomic E-state index is 13.0. The highest BCUT2D eigenvalue weighted by molar-refractivity contribution is 14.1. The molecule has 140 valence electrons. The van der Waals surface area contributed by atoms with Crippen LogP contribution in [-0.2, 0) is 9.59 Å². The molecule has 1 aliphatic heterocycles. The van der Waals surface area contributed by atoms with E-state index in [4.69, 9.17) is 21.1 Å². The second kappa shape index (κ2) is 7.77. The van der Waals surface area contributed by atoms with Crippen molar-refractivity contribution in [3.8, 4) is 11.5 Å². The van der Waals surface area contributed by atoms with Crippen molar-refractivity contribution in [2.24, 2.45) is 0 Å². The van der Waals surface area contributed by atoms with Crippen LogP contribution in [-0.4, -0.2) is 26.0 Å². The summed E-state index contributed by atoms with van der Waals surface area (Å²) in [5.41, 5.74) is 1.91. The number of anilines is 2. The molecule has 27 heavy (non-hydrogen) atoms. The Hall–Kier alpha value is -2.26. The molecule has 0 saturated heterocycles. The molecule has 1 heterocycles. The molecule has 0 aliphatic carbocycles. The normalized spacial score (nSPS) is 14.0. The molecule has 2 amide bonds. The molecule has 0 spiro atoms. The largest absolute Gasteiger partial charge is 0.497 e. The first-order valence-electron chi connectivity index (χ1n) is 7.91. The maximum atomic E-state index is 13.0. The molecular weight excluding hydrogens is 483 g/mol. The standard InChI is InChI=1S/C19H16ClIN2O4/c1-10-8-11(21)4-6-13(10)22-17-16(20)18(24)23(19(17)25)14-9-12(26-2)5-7-15(14)27-3/h4-9,22H,1-3H3. The van der Waals surface area contributed by atoms with Crippen molar-refractivity contribution in [2.45, 2.75) is 6.92 Å². The van der Waals surface area contributed by atoms with Crippen LogP contribution in [0.25, 0.3) is 0 Å². The van der Waals surface area contributed by atoms with Gasteiger partial charge in [-0.05, 0) is 65.4 Å². The summed E-state index contributed by atoms with van der Waals surface area (Å²) in [5.74, 6) is -0.348. The average molecular weight is 499 g/mol. The van der Waals surface area contributed by atoms with Gasteiger partial charge >= 0.3 is 0 Å². The van der Waals surface area contributed by atoms with Crippen LogP contribution in [0.2, 0.25) is 0 Å². The lowest BCUT2D eigenvalue weighted by Crippen LogP contribution is -2.32. The summed E-state index contributed by atoms with van der Waals surface area (Å²) in [6, 6.07) is 10.5. The Labute approximate surface area is 175 Å². The topological polar surface area (TPSA) is 67.9 Å². The number of aryl methyl sites for hydroxylation is 1. The van der Waals surface area contributed by atoms with Gasteiger partial charge in [0.05, 0.1) is 19.9 Å². The van der Waals surface area contributed by atoms with Gasteiger partial charge in [0.2, 0.25) is 0 Å². The van der Waals surface area contributed by atoms with Gasteiger partial charge in [0.25, 0.3) is 11.8 Å². The smallest absolute Gasteiger partial charge is 0.283 e. The van der Waals surface area contributed by atoms with Gasteiger partial charge in [-0.25, -0.2) is 4.90 Å². The van der Waals surface area contributed by atoms with Crippen LogP contribution in [0.4, 0.5) is 11.4 Å². The van der Waals surface area contributed by atoms with Crippen molar-refractivity contribution in [3.63, 3.8) is 0 Å². The number of benzene rings is 2. The quantitative estimate of drug-likeness (QED) is 0.498. The van der Waals surface area contributed by atoms with Crippen molar-refractivity contribution in [3.05, 3.63) is 56.3 Å². The van der Waals surface area contributed by atoms with Gasteiger partial charge < -0.3 is 14.8 Å². The van der Waals surface area contributed by atoms with Gasteiger partial charge in [-0.2, -0.15) is 0 Å². The number of nitrogens with one attached hydrogen (secondary N) is 1. The first-order chi connectivity index (χ1) is 12.9. The summed E-state index contributed by atoms with van der Waals surface area (Å²) in [6.45, 7) is 1.91. The number of rotatable bonds is 5. The zero-order chi connectivity index (χ0) is 19.7. The number of carbonyl (C=O) groups excluding carboxylic acids is 2. The first-order valence-corrected chi connectivity index (χ1v) is 9.36. The third-order valence-electron chi connectivity index (χ3n) is 4.10. The van der Waals surface area contributed by atoms with Crippen LogP contribution in [0, 0.1) is 10.5 Å². The molecule has 1 N–H and O–H groups in total. The molecule has 2 aromatic rings. The molecular formula is C19H16ClIN2O4. The SMILES string of the molecule is COc1ccc(OC)c(N2C(=O)C(Cl)=C(Nc3ccc(I)cc3C)C2=O)c1. The summed E-state index contributed by atoms with van der Waals surface area (Å²) in [6.07, 6.45) is 0. The van der Waals surface area contributed by atoms with Gasteiger partial charge in [0.15, 0.2) is 0 Å². The van der Waals surface area contributed by atoms with E-state index < -0.39 is 11.8 Å². The summed E-state index contributed by atoms with van der Waals surface area (Å²) in [4.78, 5) is 26.7. The van der Waals surface area contributed by atoms with Crippen molar-refractivity contribution < 1.29 is 19.1 Å². The lowest BCUT2D eigenvalue weighted by molar-refractivity contribution is -0.120. The van der Waals surface area contributed by atoms with E-state index in [0.29, 0.717) is 17.2 Å². The Morgan fingerprint density at radius 3 is 2.41 bits per heavy atom. The van der Waals surface area contributed by atoms with Crippen LogP contribution in [0.5, 0.6) is 11.5 Å². The summed E-state index contributed by atoms with van der Waals surface area (Å²) in [5, 5.41) is 2.81. The molecule has 0 radical (unpaired) electrons. The van der Waals surface area contributed by atoms with Crippen LogP contribution in [0.15, 0.2) is 47.1 Å². The summed E-state index contributed by atoms with van der Waals surface area (Å²) >= 11 is 8.41. The second-order valence-corrected chi connectivity index (χ2v) is 7.38. The minimum Gasteiger partial charge on any atom is -0.497 e. The van der Waals surface area contributed by atoms with E-state index in [0.717, 1.165) is 14.0 Å². The average Bonchev–Trinajstić information content (AvgIpc) is 2.86. The zero-order valence-corrected chi connectivity index (χ0v) is 17.7. The Bertz CT molecular complexity index is 974. The van der Waals surface area contributed by atoms with Crippen molar-refractivity contribution in [1.29, 1.82) is 0 Å². The Kier molecular flexibility index (Phi) is 5.61. The molecule has 0 aromatic heterocycles. The number of amides is 2. The first kappa shape index (κ1) is 19.5. The van der Waals surface area contributed by atoms with E-state index in [1.54, 1.807) is 18.2 Å². The van der Waals surface area contributed by atoms with Crippen LogP contribution < -0.4 is 19.7 Å². The second-order valence-electron chi connectivity index (χ2n) is 5.76. The maximum Gasteiger partial charge on any atom is 0.283 e. The Morgan fingerprint density at radius 1 is 1.04 bits per heavy atom. The minimum absolute atomic E-state index is 0.0239. The number of hydrogen-bond donors (Lipinski definition) is 1. The number of nitrogens with zero attached hydrogens (tertiary/aromatic N) is 1. The molecule has 0 bridgehead atoms. The van der Waals surface area contributed by atoms with E-state index in [1.807, 2.05) is 25.1 Å². The van der Waals surface area contributed by atoms with Gasteiger partial charge in [-0.15, -0.1) is 0 Å². The fraction of sp³-hybridized carbons (Fsp3) is 0.158. The highest BCUT2D eigenvalue weighted by atomic mass is 127. The van der Waals surface area contributed by atoms with Crippen LogP contribution >= 0.6 is 34.2 Å². The highest BCUT2D eigenvalue weighted by Gasteiger charge is 2.40. The van der Waals surface area contributed by atoms with Crippen molar-refractivity contribution >= 4 is 57.4 Å². The van der Waals surface area contributed by atoms with Gasteiger partial charge in [-0.1, -0.05) is 11.6 Å². The fourth-order valence-corrected chi connectivity index (χ4v) is 3.56. The van der Waals surface area contributed by atoms with Crippen LogP contribution in [0.3, 0.4) is 0 Å². The van der Waals surface area contributed by atoms with E-state index in [-0.39, 0.29) is 16.4 Å². The summed E-state index contributed by atoms with van der Waals surface area (Å²) < 4.78 is 11.5. The molecule has 0 saturated carbocycles. The summed E-state index contributed by atoms with van der Waals surface area (Å²) in [7, 11) is 2.95. The Morgan fingerprint density at radius 2 is 1.78 bits per heavy atom. The number of imide groups is 1. The van der Waals surface area contributed by atoms with Gasteiger partial charge in [0.1, 0.15) is 22.2 Å². The van der Waals surface area contributed by atoms with Gasteiger partial charge in [-0.3, -0.25) is 9.59 Å². The zero-order valence-electron chi connectivity index (χ0n) is 14.8. The minimum atomic E-state index is -0.626. The fourth-order valence-electron chi connectivity index (χ4n) is 2.70. The number of methoxy groups -OCH3 is 2. The Balaban J connectivity index is 1.99. The molecule has 3 rings (SSSR count). The lowest BCUT2D eigenvalue weighted by atomic mass is 10.2. The van der Waals surface area contributed by atoms with Gasteiger partial charge in [0, 0.05) is 15.3 Å². The van der Waals surface area contributed by atoms with E-state index >= 15 is 0 Å². The molecule has 2 aromatic carbocycles. The van der Waals surface area contributed by atoms with Crippen LogP contribution in [0.1, 0.15) is 5.56 Å². The number of halogens is 2. The molecule has 0 fully saturated rings. The van der Waals surface area contributed by atoms with Crippen molar-refractivity contribution in [2.75, 3.05) is 24.4 Å². The molecule has 6 nitrogen and oxygen atoms in total. The van der Waals surface area contributed by atoms with Crippen molar-refractivity contribution in [1.82, 2.24) is 0 Å². The third-order valence-corrected chi connectivity index (χ3v) is 5.12. The molecule has 8 heteroatoms. The lowest BCUT2D eigenvalue weighted by Gasteiger charge is -2.19. The number of ether oxygens (including phenoxy) is 2. The number of hydrogen-bond acceptors (Lipinski definition) is 5.